The van der Waals surface area contributed by atoms with Crippen LogP contribution in [-0.4, -0.2) is 25.0 Å². The molecule has 0 bridgehead atoms. The third kappa shape index (κ3) is 4.47. The van der Waals surface area contributed by atoms with E-state index >= 15 is 0 Å². The third-order valence-electron chi connectivity index (χ3n) is 3.16. The quantitative estimate of drug-likeness (QED) is 0.821. The largest absolute Gasteiger partial charge is 0.449 e. The summed E-state index contributed by atoms with van der Waals surface area (Å²) in [7, 11) is 1.71. The molecule has 0 aromatic heterocycles. The number of carbonyl (C=O) groups is 2. The van der Waals surface area contributed by atoms with Gasteiger partial charge in [-0.15, -0.1) is 0 Å². The van der Waals surface area contributed by atoms with Gasteiger partial charge < -0.3 is 15.4 Å². The molecule has 2 N–H and O–H groups in total. The third-order valence-corrected chi connectivity index (χ3v) is 3.40. The normalized spacial score (nSPS) is 11.4. The number of rotatable bonds is 5. The van der Waals surface area contributed by atoms with Crippen LogP contribution in [0.15, 0.2) is 48.5 Å². The molecule has 0 saturated carbocycles. The number of anilines is 2. The average molecular weight is 333 g/mol. The fourth-order valence-corrected chi connectivity index (χ4v) is 2.16. The molecule has 0 aliphatic rings. The van der Waals surface area contributed by atoms with Crippen LogP contribution >= 0.6 is 11.6 Å². The molecule has 120 valence electrons. The van der Waals surface area contributed by atoms with Crippen LogP contribution in [0.1, 0.15) is 17.3 Å². The Kier molecular flexibility index (Phi) is 5.60. The van der Waals surface area contributed by atoms with Crippen molar-refractivity contribution in [2.75, 3.05) is 17.7 Å². The number of hydrogen-bond acceptors (Lipinski definition) is 4. The molecule has 0 radical (unpaired) electrons. The lowest BCUT2D eigenvalue weighted by Crippen LogP contribution is -2.30. The van der Waals surface area contributed by atoms with E-state index in [4.69, 9.17) is 16.3 Å². The predicted molar refractivity (Wildman–Crippen MR) is 90.9 cm³/mol. The Balaban J connectivity index is 2.01. The molecule has 23 heavy (non-hydrogen) atoms. The summed E-state index contributed by atoms with van der Waals surface area (Å²) in [5, 5.41) is 6.07. The van der Waals surface area contributed by atoms with Crippen LogP contribution in [0.4, 0.5) is 11.4 Å². The van der Waals surface area contributed by atoms with Crippen molar-refractivity contribution in [3.63, 3.8) is 0 Å². The summed E-state index contributed by atoms with van der Waals surface area (Å²) in [5.41, 5.74) is 1.55. The number of ether oxygens (including phenoxy) is 1. The van der Waals surface area contributed by atoms with Gasteiger partial charge in [0.1, 0.15) is 0 Å². The van der Waals surface area contributed by atoms with Gasteiger partial charge in [-0.05, 0) is 37.3 Å². The van der Waals surface area contributed by atoms with Crippen molar-refractivity contribution < 1.29 is 14.3 Å². The zero-order chi connectivity index (χ0) is 16.8. The molecule has 0 spiro atoms. The molecule has 0 heterocycles. The van der Waals surface area contributed by atoms with E-state index in [1.807, 2.05) is 0 Å². The van der Waals surface area contributed by atoms with Gasteiger partial charge in [0.2, 0.25) is 0 Å². The van der Waals surface area contributed by atoms with Gasteiger partial charge in [-0.1, -0.05) is 29.8 Å². The number of benzene rings is 2. The molecule has 2 aromatic rings. The molecular formula is C17H17ClN2O3. The zero-order valence-electron chi connectivity index (χ0n) is 12.8. The molecule has 1 atom stereocenters. The van der Waals surface area contributed by atoms with Crippen molar-refractivity contribution in [1.82, 2.24) is 0 Å². The smallest absolute Gasteiger partial charge is 0.341 e. The second-order valence-electron chi connectivity index (χ2n) is 4.84. The van der Waals surface area contributed by atoms with Gasteiger partial charge in [-0.3, -0.25) is 4.79 Å². The number of amides is 1. The van der Waals surface area contributed by atoms with Crippen molar-refractivity contribution >= 4 is 34.9 Å². The summed E-state index contributed by atoms with van der Waals surface area (Å²) in [6, 6.07) is 13.7. The molecule has 0 fully saturated rings. The number of carbonyl (C=O) groups excluding carboxylic acids is 2. The second-order valence-corrected chi connectivity index (χ2v) is 5.28. The van der Waals surface area contributed by atoms with Crippen molar-refractivity contribution in [1.29, 1.82) is 0 Å². The molecule has 0 aliphatic carbocycles. The van der Waals surface area contributed by atoms with Crippen LogP contribution in [0.25, 0.3) is 0 Å². The Hall–Kier alpha value is -2.53. The molecule has 2 aromatic carbocycles. The summed E-state index contributed by atoms with van der Waals surface area (Å²) < 4.78 is 5.22. The minimum atomic E-state index is -0.939. The first-order valence-electron chi connectivity index (χ1n) is 7.05. The summed E-state index contributed by atoms with van der Waals surface area (Å²) in [5.74, 6) is -0.994. The fourth-order valence-electron chi connectivity index (χ4n) is 1.97. The molecule has 0 unspecified atom stereocenters. The van der Waals surface area contributed by atoms with Gasteiger partial charge in [-0.2, -0.15) is 0 Å². The number of hydrogen-bond donors (Lipinski definition) is 2. The van der Waals surface area contributed by atoms with E-state index in [0.29, 0.717) is 22.0 Å². The van der Waals surface area contributed by atoms with Crippen LogP contribution in [0.3, 0.4) is 0 Å². The highest BCUT2D eigenvalue weighted by molar-refractivity contribution is 6.30. The molecule has 5 nitrogen and oxygen atoms in total. The van der Waals surface area contributed by atoms with Crippen LogP contribution in [-0.2, 0) is 9.53 Å². The summed E-state index contributed by atoms with van der Waals surface area (Å²) in [6.07, 6.45) is -0.939. The number of esters is 1. The average Bonchev–Trinajstić information content (AvgIpc) is 2.54. The lowest BCUT2D eigenvalue weighted by Gasteiger charge is -2.15. The number of nitrogens with one attached hydrogen (secondary N) is 2. The highest BCUT2D eigenvalue weighted by Crippen LogP contribution is 2.18. The molecular weight excluding hydrogens is 316 g/mol. The molecule has 0 aliphatic heterocycles. The van der Waals surface area contributed by atoms with E-state index in [9.17, 15) is 9.59 Å². The van der Waals surface area contributed by atoms with E-state index in [1.165, 1.54) is 6.92 Å². The van der Waals surface area contributed by atoms with Gasteiger partial charge in [-0.25, -0.2) is 4.79 Å². The second kappa shape index (κ2) is 7.65. The lowest BCUT2D eigenvalue weighted by molar-refractivity contribution is -0.123. The zero-order valence-corrected chi connectivity index (χ0v) is 13.6. The highest BCUT2D eigenvalue weighted by Gasteiger charge is 2.20. The summed E-state index contributed by atoms with van der Waals surface area (Å²) in [6.45, 7) is 1.51. The summed E-state index contributed by atoms with van der Waals surface area (Å²) in [4.78, 5) is 24.3. The molecule has 6 heteroatoms. The first kappa shape index (κ1) is 16.8. The van der Waals surface area contributed by atoms with E-state index in [1.54, 1.807) is 55.6 Å². The lowest BCUT2D eigenvalue weighted by atomic mass is 10.2. The van der Waals surface area contributed by atoms with Crippen LogP contribution < -0.4 is 10.6 Å². The SMILES string of the molecule is CNc1ccccc1C(=O)O[C@H](C)C(=O)Nc1cccc(Cl)c1. The van der Waals surface area contributed by atoms with Crippen LogP contribution in [0, 0.1) is 0 Å². The van der Waals surface area contributed by atoms with E-state index in [-0.39, 0.29) is 0 Å². The van der Waals surface area contributed by atoms with E-state index in [0.717, 1.165) is 0 Å². The van der Waals surface area contributed by atoms with Gasteiger partial charge in [0, 0.05) is 23.4 Å². The first-order chi connectivity index (χ1) is 11.0. The van der Waals surface area contributed by atoms with Crippen molar-refractivity contribution in [2.24, 2.45) is 0 Å². The Morgan fingerprint density at radius 1 is 1.13 bits per heavy atom. The topological polar surface area (TPSA) is 67.4 Å². The number of para-hydroxylation sites is 1. The van der Waals surface area contributed by atoms with E-state index < -0.39 is 18.0 Å². The monoisotopic (exact) mass is 332 g/mol. The van der Waals surface area contributed by atoms with Gasteiger partial charge in [0.05, 0.1) is 5.56 Å². The Labute approximate surface area is 139 Å². The molecule has 2 rings (SSSR count). The van der Waals surface area contributed by atoms with Crippen LogP contribution in [0.2, 0.25) is 5.02 Å². The van der Waals surface area contributed by atoms with Crippen molar-refractivity contribution in [2.45, 2.75) is 13.0 Å². The maximum absolute atomic E-state index is 12.2. The van der Waals surface area contributed by atoms with Gasteiger partial charge in [0.25, 0.3) is 5.91 Å². The Bertz CT molecular complexity index is 718. The minimum Gasteiger partial charge on any atom is -0.449 e. The molecule has 0 saturated heterocycles. The maximum atomic E-state index is 12.2. The Morgan fingerprint density at radius 2 is 1.87 bits per heavy atom. The standard InChI is InChI=1S/C17H17ClN2O3/c1-11(16(21)20-13-7-5-6-12(18)10-13)23-17(22)14-8-3-4-9-15(14)19-2/h3-11,19H,1-2H3,(H,20,21)/t11-/m1/s1. The maximum Gasteiger partial charge on any atom is 0.341 e. The molecule has 1 amide bonds. The predicted octanol–water partition coefficient (Wildman–Crippen LogP) is 3.57. The first-order valence-corrected chi connectivity index (χ1v) is 7.43. The van der Waals surface area contributed by atoms with Crippen LogP contribution in [0.5, 0.6) is 0 Å². The van der Waals surface area contributed by atoms with Crippen molar-refractivity contribution in [3.05, 3.63) is 59.1 Å². The van der Waals surface area contributed by atoms with Crippen molar-refractivity contribution in [3.8, 4) is 0 Å². The number of halogens is 1. The van der Waals surface area contributed by atoms with Gasteiger partial charge in [0.15, 0.2) is 6.10 Å². The minimum absolute atomic E-state index is 0.373. The highest BCUT2D eigenvalue weighted by atomic mass is 35.5. The fraction of sp³-hybridized carbons (Fsp3) is 0.176. The van der Waals surface area contributed by atoms with Gasteiger partial charge >= 0.3 is 5.97 Å². The summed E-state index contributed by atoms with van der Waals surface area (Å²) >= 11 is 5.86. The van der Waals surface area contributed by atoms with E-state index in [2.05, 4.69) is 10.6 Å². The Morgan fingerprint density at radius 3 is 2.57 bits per heavy atom.